The van der Waals surface area contributed by atoms with Gasteiger partial charge in [-0.15, -0.1) is 5.10 Å². The van der Waals surface area contributed by atoms with Crippen molar-refractivity contribution < 1.29 is 4.79 Å². The number of amides is 1. The van der Waals surface area contributed by atoms with Gasteiger partial charge in [-0.1, -0.05) is 18.6 Å². The number of carbonyl (C=O) groups excluding carboxylic acids is 1. The Balaban J connectivity index is 2.59. The molecule has 1 aromatic rings. The van der Waals surface area contributed by atoms with E-state index in [1.807, 2.05) is 0 Å². The van der Waals surface area contributed by atoms with E-state index in [0.29, 0.717) is 0 Å². The van der Waals surface area contributed by atoms with Gasteiger partial charge in [0, 0.05) is 7.05 Å². The highest BCUT2D eigenvalue weighted by molar-refractivity contribution is 5.75. The molecule has 1 unspecified atom stereocenters. The highest BCUT2D eigenvalue weighted by Gasteiger charge is 2.10. The van der Waals surface area contributed by atoms with E-state index in [2.05, 4.69) is 22.6 Å². The predicted octanol–water partition coefficient (Wildman–Crippen LogP) is -0.176. The number of nitrogens with two attached hydrogens (primary N) is 1. The largest absolute Gasteiger partial charge is 0.358 e. The molecule has 0 aliphatic heterocycles. The molecule has 1 atom stereocenters. The lowest BCUT2D eigenvalue weighted by Crippen LogP contribution is -2.23. The Hall–Kier alpha value is -1.43. The van der Waals surface area contributed by atoms with Crippen LogP contribution in [-0.4, -0.2) is 27.9 Å². The fourth-order valence-electron chi connectivity index (χ4n) is 1.25. The van der Waals surface area contributed by atoms with Crippen LogP contribution in [0.5, 0.6) is 0 Å². The van der Waals surface area contributed by atoms with E-state index in [4.69, 9.17) is 5.73 Å². The lowest BCUT2D eigenvalue weighted by molar-refractivity contribution is -0.121. The first kappa shape index (κ1) is 11.6. The molecule has 0 bridgehead atoms. The highest BCUT2D eigenvalue weighted by Crippen LogP contribution is 2.11. The van der Waals surface area contributed by atoms with Gasteiger partial charge in [0.25, 0.3) is 0 Å². The van der Waals surface area contributed by atoms with Crippen molar-refractivity contribution in [2.45, 2.75) is 32.4 Å². The van der Waals surface area contributed by atoms with E-state index < -0.39 is 0 Å². The Morgan fingerprint density at radius 3 is 3.07 bits per heavy atom. The second-order valence-electron chi connectivity index (χ2n) is 3.41. The minimum absolute atomic E-state index is 0.0894. The summed E-state index contributed by atoms with van der Waals surface area (Å²) in [5.41, 5.74) is 6.60. The van der Waals surface area contributed by atoms with Gasteiger partial charge in [-0.3, -0.25) is 4.79 Å². The fraction of sp³-hybridized carbons (Fsp3) is 0.667. The van der Waals surface area contributed by atoms with Crippen LogP contribution in [0.1, 0.15) is 31.5 Å². The zero-order chi connectivity index (χ0) is 11.3. The Labute approximate surface area is 88.8 Å². The van der Waals surface area contributed by atoms with Crippen molar-refractivity contribution in [1.29, 1.82) is 0 Å². The van der Waals surface area contributed by atoms with Gasteiger partial charge in [-0.2, -0.15) is 0 Å². The smallest absolute Gasteiger partial charge is 0.241 e. The van der Waals surface area contributed by atoms with Gasteiger partial charge < -0.3 is 11.1 Å². The average molecular weight is 211 g/mol. The Morgan fingerprint density at radius 1 is 1.73 bits per heavy atom. The summed E-state index contributed by atoms with van der Waals surface area (Å²) in [4.78, 5) is 11.1. The summed E-state index contributed by atoms with van der Waals surface area (Å²) in [5.74, 6) is -0.101. The molecule has 6 nitrogen and oxygen atoms in total. The first-order valence-electron chi connectivity index (χ1n) is 5.03. The van der Waals surface area contributed by atoms with Gasteiger partial charge >= 0.3 is 0 Å². The van der Waals surface area contributed by atoms with Crippen molar-refractivity contribution in [3.8, 4) is 0 Å². The molecule has 0 aliphatic rings. The minimum atomic E-state index is -0.101. The van der Waals surface area contributed by atoms with Gasteiger partial charge in [0.15, 0.2) is 0 Å². The fourth-order valence-corrected chi connectivity index (χ4v) is 1.25. The third-order valence-electron chi connectivity index (χ3n) is 2.12. The van der Waals surface area contributed by atoms with Gasteiger partial charge in [0.2, 0.25) is 5.91 Å². The molecule has 0 aliphatic carbocycles. The molecule has 0 radical (unpaired) electrons. The van der Waals surface area contributed by atoms with Crippen LogP contribution >= 0.6 is 0 Å². The third-order valence-corrected chi connectivity index (χ3v) is 2.12. The molecule has 0 saturated carbocycles. The molecule has 0 spiro atoms. The second-order valence-corrected chi connectivity index (χ2v) is 3.41. The molecule has 15 heavy (non-hydrogen) atoms. The predicted molar refractivity (Wildman–Crippen MR) is 55.9 cm³/mol. The lowest BCUT2D eigenvalue weighted by atomic mass is 10.1. The zero-order valence-corrected chi connectivity index (χ0v) is 9.10. The number of aromatic nitrogens is 3. The maximum Gasteiger partial charge on any atom is 0.241 e. The van der Waals surface area contributed by atoms with E-state index in [1.165, 1.54) is 4.68 Å². The molecule has 0 saturated heterocycles. The number of hydrogen-bond acceptors (Lipinski definition) is 4. The maximum atomic E-state index is 11.1. The monoisotopic (exact) mass is 211 g/mol. The quantitative estimate of drug-likeness (QED) is 0.707. The number of hydrogen-bond donors (Lipinski definition) is 2. The van der Waals surface area contributed by atoms with E-state index in [0.717, 1.165) is 18.5 Å². The third kappa shape index (κ3) is 3.32. The van der Waals surface area contributed by atoms with E-state index in [1.54, 1.807) is 13.2 Å². The summed E-state index contributed by atoms with van der Waals surface area (Å²) >= 11 is 0. The summed E-state index contributed by atoms with van der Waals surface area (Å²) in [6, 6.07) is -0.0894. The summed E-state index contributed by atoms with van der Waals surface area (Å²) in [6.45, 7) is 2.25. The van der Waals surface area contributed by atoms with Crippen molar-refractivity contribution in [2.75, 3.05) is 7.05 Å². The summed E-state index contributed by atoms with van der Waals surface area (Å²) in [5, 5.41) is 10.3. The van der Waals surface area contributed by atoms with Crippen molar-refractivity contribution in [1.82, 2.24) is 20.3 Å². The highest BCUT2D eigenvalue weighted by atomic mass is 16.1. The number of likely N-dealkylation sites (N-methyl/N-ethyl adjacent to an activating group) is 1. The molecule has 0 fully saturated rings. The summed E-state index contributed by atoms with van der Waals surface area (Å²) < 4.78 is 1.49. The van der Waals surface area contributed by atoms with Crippen molar-refractivity contribution in [3.05, 3.63) is 11.9 Å². The molecule has 3 N–H and O–H groups in total. The number of nitrogens with one attached hydrogen (secondary N) is 1. The molecule has 6 heteroatoms. The van der Waals surface area contributed by atoms with Crippen molar-refractivity contribution >= 4 is 5.91 Å². The van der Waals surface area contributed by atoms with Gasteiger partial charge in [0.1, 0.15) is 6.54 Å². The topological polar surface area (TPSA) is 85.8 Å². The summed E-state index contributed by atoms with van der Waals surface area (Å²) in [6.07, 6.45) is 3.59. The Morgan fingerprint density at radius 2 is 2.47 bits per heavy atom. The minimum Gasteiger partial charge on any atom is -0.358 e. The molecule has 1 heterocycles. The normalized spacial score (nSPS) is 12.5. The van der Waals surface area contributed by atoms with Crippen LogP contribution in [0.3, 0.4) is 0 Å². The van der Waals surface area contributed by atoms with Gasteiger partial charge in [0.05, 0.1) is 17.9 Å². The molecule has 1 amide bonds. The van der Waals surface area contributed by atoms with Crippen LogP contribution in [-0.2, 0) is 11.3 Å². The lowest BCUT2D eigenvalue weighted by Gasteiger charge is -2.04. The molecular formula is C9H17N5O. The van der Waals surface area contributed by atoms with E-state index in [9.17, 15) is 4.79 Å². The van der Waals surface area contributed by atoms with Crippen molar-refractivity contribution in [3.63, 3.8) is 0 Å². The van der Waals surface area contributed by atoms with Crippen LogP contribution in [0.25, 0.3) is 0 Å². The first-order valence-corrected chi connectivity index (χ1v) is 5.03. The van der Waals surface area contributed by atoms with Gasteiger partial charge in [-0.25, -0.2) is 4.68 Å². The first-order chi connectivity index (χ1) is 7.17. The number of nitrogens with zero attached hydrogens (tertiary/aromatic N) is 3. The SMILES string of the molecule is CCCC(N)c1cn(CC(=O)NC)nn1. The molecular weight excluding hydrogens is 194 g/mol. The van der Waals surface area contributed by atoms with Crippen LogP contribution in [0, 0.1) is 0 Å². The van der Waals surface area contributed by atoms with E-state index in [-0.39, 0.29) is 18.5 Å². The Bertz CT molecular complexity index is 322. The summed E-state index contributed by atoms with van der Waals surface area (Å²) in [7, 11) is 1.59. The maximum absolute atomic E-state index is 11.1. The zero-order valence-electron chi connectivity index (χ0n) is 9.10. The van der Waals surface area contributed by atoms with E-state index >= 15 is 0 Å². The van der Waals surface area contributed by atoms with Crippen LogP contribution in [0.4, 0.5) is 0 Å². The molecule has 0 aromatic carbocycles. The van der Waals surface area contributed by atoms with Crippen LogP contribution in [0.15, 0.2) is 6.20 Å². The number of rotatable bonds is 5. The standard InChI is InChI=1S/C9H17N5O/c1-3-4-7(10)8-5-14(13-12-8)6-9(15)11-2/h5,7H,3-4,6,10H2,1-2H3,(H,11,15). The molecule has 84 valence electrons. The molecule has 1 rings (SSSR count). The van der Waals surface area contributed by atoms with Crippen molar-refractivity contribution in [2.24, 2.45) is 5.73 Å². The average Bonchev–Trinajstić information content (AvgIpc) is 2.66. The van der Waals surface area contributed by atoms with Crippen LogP contribution < -0.4 is 11.1 Å². The molecule has 1 aromatic heterocycles. The van der Waals surface area contributed by atoms with Gasteiger partial charge in [-0.05, 0) is 6.42 Å². The Kier molecular flexibility index (Phi) is 4.23. The van der Waals surface area contributed by atoms with Crippen LogP contribution in [0.2, 0.25) is 0 Å². The second kappa shape index (κ2) is 5.45. The number of carbonyl (C=O) groups is 1.